The predicted octanol–water partition coefficient (Wildman–Crippen LogP) is 19.3. The lowest BCUT2D eigenvalue weighted by Gasteiger charge is -2.41. The minimum atomic E-state index is -0.139. The fraction of sp³-hybridized carbons (Fsp3) is 0.289. The van der Waals surface area contributed by atoms with Crippen LogP contribution >= 0.6 is 69.6 Å². The first-order valence-corrected chi connectivity index (χ1v) is 42.2. The Hall–Kier alpha value is -12.2. The van der Waals surface area contributed by atoms with Crippen molar-refractivity contribution < 1.29 is 56.3 Å². The van der Waals surface area contributed by atoms with E-state index < -0.39 is 0 Å². The van der Waals surface area contributed by atoms with Crippen LogP contribution in [0.1, 0.15) is 78.3 Å². The third-order valence-corrected chi connectivity index (χ3v) is 24.0. The molecule has 2 atom stereocenters. The molecule has 34 heteroatoms. The lowest BCUT2D eigenvalue weighted by atomic mass is 10.0. The van der Waals surface area contributed by atoms with Crippen LogP contribution < -0.4 is 19.6 Å². The summed E-state index contributed by atoms with van der Waals surface area (Å²) in [6.07, 6.45) is 0. The first-order chi connectivity index (χ1) is 59.5. The standard InChI is InChI=1S/C23H23Cl2N4O3.C23H24ClN4O3.C22H21Cl2N4O3.C22H22ClN4O3/c1-14-13-28(20-9-8-16(27(3)31)12-19(20)25)10-11-29(14)23(30)21-15(2)32-26-22(21)17-6-4-5-7-18(17)24;1-15-14-27(20-10-9-18(26(3)30)13-19(20)24)11-12-28(15)23(29)21-16(2)31-25-22(21)17-7-5-4-6-8-17;1-14-20(21(25-31-14)16-5-3-4-6-17(16)23)22(29)28-11-9-27(10-12-28)19-8-7-15(26(2)30)13-18(19)24;1-15-20(21(24-30-15)16-6-4-3-5-7-16)22(28)27-12-10-26(11-13-27)19-9-8-17(25(2)29)14-18(19)23/h4-9,12,14H,10-11,13H2,1-3H3;4-10,13,15H,11-12,14H2,1-3H3;3-8,13H,9-12H2,1-2H3;3-9,14H,10-13H2,1-2H3/q4*+1. The van der Waals surface area contributed by atoms with E-state index in [9.17, 15) is 38.8 Å². The van der Waals surface area contributed by atoms with Crippen molar-refractivity contribution in [2.75, 3.05) is 139 Å². The number of rotatable bonds is 16. The third kappa shape index (κ3) is 19.9. The molecule has 0 N–H and O–H groups in total. The molecule has 28 nitrogen and oxygen atoms in total. The van der Waals surface area contributed by atoms with Crippen molar-refractivity contribution in [2.45, 2.75) is 53.6 Å². The van der Waals surface area contributed by atoms with Gasteiger partial charge in [0.2, 0.25) is 0 Å². The van der Waals surface area contributed by atoms with Crippen LogP contribution in [0.4, 0.5) is 45.5 Å². The number of nitrogens with zero attached hydrogens (tertiary/aromatic N) is 16. The van der Waals surface area contributed by atoms with E-state index in [-0.39, 0.29) is 35.7 Å². The van der Waals surface area contributed by atoms with E-state index in [0.29, 0.717) is 224 Å². The van der Waals surface area contributed by atoms with E-state index in [2.05, 4.69) is 40.2 Å². The van der Waals surface area contributed by atoms with Gasteiger partial charge in [0, 0.05) is 213 Å². The quantitative estimate of drug-likeness (QED) is 0.0813. The van der Waals surface area contributed by atoms with Crippen LogP contribution in [0.2, 0.25) is 30.1 Å². The fourth-order valence-electron chi connectivity index (χ4n) is 15.4. The maximum Gasteiger partial charge on any atom is 0.260 e. The van der Waals surface area contributed by atoms with Gasteiger partial charge in [-0.05, 0) is 77.9 Å². The molecule has 0 bridgehead atoms. The number of halogens is 6. The van der Waals surface area contributed by atoms with Gasteiger partial charge in [0.15, 0.2) is 28.2 Å². The Kier molecular flexibility index (Phi) is 28.6. The number of benzene rings is 8. The molecule has 640 valence electrons. The van der Waals surface area contributed by atoms with Crippen LogP contribution in [0.3, 0.4) is 0 Å². The molecule has 0 aliphatic carbocycles. The minimum Gasteiger partial charge on any atom is -0.367 e. The normalized spacial score (nSPS) is 15.3. The summed E-state index contributed by atoms with van der Waals surface area (Å²) in [7, 11) is 5.74. The molecular formula is C90H90Cl6N16O12+4. The molecule has 4 amide bonds. The molecule has 4 saturated heterocycles. The van der Waals surface area contributed by atoms with Crippen molar-refractivity contribution in [3.05, 3.63) is 277 Å². The topological polar surface area (TPSA) is 279 Å². The summed E-state index contributed by atoms with van der Waals surface area (Å²) in [5.41, 5.74) is 12.4. The summed E-state index contributed by atoms with van der Waals surface area (Å²) < 4.78 is 24.5. The van der Waals surface area contributed by atoms with Gasteiger partial charge in [-0.25, -0.2) is 0 Å². The Morgan fingerprint density at radius 2 is 0.573 bits per heavy atom. The molecule has 124 heavy (non-hydrogen) atoms. The number of hydrogen-bond donors (Lipinski definition) is 0. The number of aryl methyl sites for hydroxylation is 4. The van der Waals surface area contributed by atoms with Gasteiger partial charge in [-0.2, -0.15) is 0 Å². The number of aromatic nitrogens is 4. The van der Waals surface area contributed by atoms with Crippen LogP contribution in [-0.4, -0.2) is 215 Å². The number of carbonyl (C=O) groups excluding carboxylic acids is 4. The number of carbonyl (C=O) groups is 4. The van der Waals surface area contributed by atoms with Crippen LogP contribution in [-0.2, 0) is 0 Å². The average Bonchev–Trinajstić information content (AvgIpc) is 1.52. The number of hydrogen-bond acceptors (Lipinski definition) is 20. The molecule has 16 rings (SSSR count). The van der Waals surface area contributed by atoms with E-state index >= 15 is 0 Å². The Balaban J connectivity index is 0.000000142. The summed E-state index contributed by atoms with van der Waals surface area (Å²) in [5, 5.41) is 19.6. The predicted molar refractivity (Wildman–Crippen MR) is 481 cm³/mol. The zero-order valence-electron chi connectivity index (χ0n) is 69.7. The molecule has 4 fully saturated rings. The highest BCUT2D eigenvalue weighted by molar-refractivity contribution is 6.35. The molecule has 8 heterocycles. The number of nitroso groups, excluding NO2 is 4. The highest BCUT2D eigenvalue weighted by Crippen LogP contribution is 2.40. The summed E-state index contributed by atoms with van der Waals surface area (Å²) in [6, 6.07) is 54.5. The lowest BCUT2D eigenvalue weighted by molar-refractivity contribution is -0.428. The largest absolute Gasteiger partial charge is 0.367 e. The molecule has 0 saturated carbocycles. The Morgan fingerprint density at radius 3 is 0.863 bits per heavy atom. The van der Waals surface area contributed by atoms with Gasteiger partial charge in [0.1, 0.15) is 68.1 Å². The van der Waals surface area contributed by atoms with Gasteiger partial charge in [-0.1, -0.05) is 187 Å². The van der Waals surface area contributed by atoms with E-state index in [1.165, 1.54) is 28.2 Å². The Morgan fingerprint density at radius 1 is 0.315 bits per heavy atom. The van der Waals surface area contributed by atoms with Gasteiger partial charge >= 0.3 is 0 Å². The van der Waals surface area contributed by atoms with Gasteiger partial charge in [0.05, 0.1) is 52.9 Å². The number of piperazine rings is 4. The first-order valence-electron chi connectivity index (χ1n) is 39.9. The molecule has 4 aromatic heterocycles. The monoisotopic (exact) mass is 1800 g/mol. The van der Waals surface area contributed by atoms with Gasteiger partial charge in [0.25, 0.3) is 46.4 Å². The van der Waals surface area contributed by atoms with Crippen LogP contribution in [0.5, 0.6) is 0 Å². The molecule has 8 aromatic carbocycles. The highest BCUT2D eigenvalue weighted by Gasteiger charge is 2.38. The second kappa shape index (κ2) is 39.6. The van der Waals surface area contributed by atoms with Crippen molar-refractivity contribution in [2.24, 2.45) is 0 Å². The maximum atomic E-state index is 13.5. The number of anilines is 4. The highest BCUT2D eigenvalue weighted by atomic mass is 35.5. The van der Waals surface area contributed by atoms with Gasteiger partial charge in [-0.3, -0.25) is 19.2 Å². The summed E-state index contributed by atoms with van der Waals surface area (Å²) in [6.45, 7) is 19.2. The molecule has 0 spiro atoms. The summed E-state index contributed by atoms with van der Waals surface area (Å²) in [4.78, 5) is 115. The Bertz CT molecular complexity index is 6010. The molecule has 4 aliphatic rings. The number of amides is 4. The Labute approximate surface area is 745 Å². The molecule has 0 radical (unpaired) electrons. The van der Waals surface area contributed by atoms with E-state index in [1.54, 1.807) is 93.3 Å². The van der Waals surface area contributed by atoms with E-state index in [0.717, 1.165) is 52.9 Å². The van der Waals surface area contributed by atoms with E-state index in [1.807, 2.05) is 150 Å². The van der Waals surface area contributed by atoms with Crippen LogP contribution in [0.25, 0.3) is 45.0 Å². The molecule has 12 aromatic rings. The van der Waals surface area contributed by atoms with E-state index in [4.69, 9.17) is 87.7 Å². The van der Waals surface area contributed by atoms with Crippen LogP contribution in [0.15, 0.2) is 200 Å². The van der Waals surface area contributed by atoms with Gasteiger partial charge in [-0.15, -0.1) is 0 Å². The zero-order valence-corrected chi connectivity index (χ0v) is 74.2. The maximum absolute atomic E-state index is 13.5. The van der Waals surface area contributed by atoms with Crippen molar-refractivity contribution in [3.63, 3.8) is 0 Å². The summed E-state index contributed by atoms with van der Waals surface area (Å²) in [5.74, 6) is 1.51. The smallest absolute Gasteiger partial charge is 0.260 e. The minimum absolute atomic E-state index is 0.0444. The molecular weight excluding hydrogens is 1710 g/mol. The van der Waals surface area contributed by atoms with Crippen LogP contribution in [0, 0.1) is 47.3 Å². The van der Waals surface area contributed by atoms with Crippen molar-refractivity contribution in [1.82, 2.24) is 40.2 Å². The first kappa shape index (κ1) is 89.6. The van der Waals surface area contributed by atoms with Gasteiger partial charge < -0.3 is 57.3 Å². The lowest BCUT2D eigenvalue weighted by Crippen LogP contribution is -2.54. The molecule has 2 unspecified atom stereocenters. The van der Waals surface area contributed by atoms with Crippen molar-refractivity contribution in [3.8, 4) is 45.0 Å². The summed E-state index contributed by atoms with van der Waals surface area (Å²) >= 11 is 38.3. The fourth-order valence-corrected chi connectivity index (χ4v) is 17.0. The second-order valence-corrected chi connectivity index (χ2v) is 32.7. The average molecular weight is 1800 g/mol. The third-order valence-electron chi connectivity index (χ3n) is 22.1. The van der Waals surface area contributed by atoms with Crippen molar-refractivity contribution in [1.29, 1.82) is 0 Å². The molecule has 4 aliphatic heterocycles. The SMILES string of the molecule is Cc1onc(-c2ccccc2)c1C(=O)N1CCN(c2ccc([N+](C)=O)cc2Cl)CC1.Cc1onc(-c2ccccc2)c1C(=O)N1CCN(c2ccc([N+](C)=O)cc2Cl)CC1C.Cc1onc(-c2ccccc2Cl)c1C(=O)N1CCN(c2ccc([N+](C)=O)cc2Cl)CC1.Cc1onc(-c2ccccc2Cl)c1C(=O)N1CCN(c2ccc([N+](C)=O)cc2Cl)CC1C. The zero-order chi connectivity index (χ0) is 88.5. The second-order valence-electron chi connectivity index (χ2n) is 30.2. The van der Waals surface area contributed by atoms with Crippen molar-refractivity contribution >= 4 is 139 Å².